The number of aromatic carboxylic acids is 1. The van der Waals surface area contributed by atoms with E-state index < -0.39 is 5.97 Å². The van der Waals surface area contributed by atoms with Gasteiger partial charge in [0.15, 0.2) is 0 Å². The van der Waals surface area contributed by atoms with Crippen molar-refractivity contribution in [1.82, 2.24) is 4.98 Å². The van der Waals surface area contributed by atoms with Crippen LogP contribution in [0.25, 0.3) is 10.9 Å². The average Bonchev–Trinajstić information content (AvgIpc) is 2.22. The van der Waals surface area contributed by atoms with Gasteiger partial charge in [0, 0.05) is 11.1 Å². The molecule has 1 N–H and O–H groups in total. The van der Waals surface area contributed by atoms with E-state index in [-0.39, 0.29) is 5.56 Å². The predicted octanol–water partition coefficient (Wildman–Crippen LogP) is 3.20. The van der Waals surface area contributed by atoms with Crippen LogP contribution in [0.3, 0.4) is 0 Å². The summed E-state index contributed by atoms with van der Waals surface area (Å²) in [7, 11) is 0. The van der Waals surface area contributed by atoms with E-state index in [2.05, 4.69) is 4.98 Å². The van der Waals surface area contributed by atoms with E-state index in [1.807, 2.05) is 13.0 Å². The molecule has 0 amide bonds. The number of halogens is 1. The van der Waals surface area contributed by atoms with Crippen molar-refractivity contribution in [1.29, 1.82) is 0 Å². The van der Waals surface area contributed by atoms with Crippen molar-refractivity contribution in [3.63, 3.8) is 0 Å². The van der Waals surface area contributed by atoms with Gasteiger partial charge >= 0.3 is 5.97 Å². The number of hydrogen-bond donors (Lipinski definition) is 1. The van der Waals surface area contributed by atoms with Crippen LogP contribution in [0.15, 0.2) is 18.2 Å². The predicted molar refractivity (Wildman–Crippen MR) is 63.2 cm³/mol. The first-order chi connectivity index (χ1) is 7.50. The monoisotopic (exact) mass is 235 g/mol. The number of carbonyl (C=O) groups is 1. The molecule has 2 aromatic rings. The highest BCUT2D eigenvalue weighted by molar-refractivity contribution is 6.36. The van der Waals surface area contributed by atoms with Gasteiger partial charge in [0.05, 0.1) is 16.1 Å². The molecule has 0 aliphatic rings. The molecule has 3 nitrogen and oxygen atoms in total. The largest absolute Gasteiger partial charge is 0.478 e. The molecule has 0 radical (unpaired) electrons. The first kappa shape index (κ1) is 10.9. The normalized spacial score (nSPS) is 10.7. The minimum Gasteiger partial charge on any atom is -0.478 e. The lowest BCUT2D eigenvalue weighted by atomic mass is 10.0. The molecule has 0 bridgehead atoms. The van der Waals surface area contributed by atoms with Gasteiger partial charge in [0.2, 0.25) is 0 Å². The van der Waals surface area contributed by atoms with Crippen LogP contribution in [-0.2, 0) is 0 Å². The minimum atomic E-state index is -0.983. The Balaban J connectivity index is 3.00. The Morgan fingerprint density at radius 3 is 2.69 bits per heavy atom. The number of hydrogen-bond acceptors (Lipinski definition) is 2. The van der Waals surface area contributed by atoms with Gasteiger partial charge in [-0.2, -0.15) is 0 Å². The zero-order valence-corrected chi connectivity index (χ0v) is 9.67. The number of carboxylic acid groups (broad SMARTS) is 1. The topological polar surface area (TPSA) is 50.2 Å². The second-order valence-corrected chi connectivity index (χ2v) is 4.11. The average molecular weight is 236 g/mol. The second kappa shape index (κ2) is 3.76. The lowest BCUT2D eigenvalue weighted by Crippen LogP contribution is -2.01. The molecule has 1 aromatic heterocycles. The van der Waals surface area contributed by atoms with E-state index in [1.165, 1.54) is 6.07 Å². The van der Waals surface area contributed by atoms with E-state index in [1.54, 1.807) is 13.0 Å². The van der Waals surface area contributed by atoms with Crippen LogP contribution in [0.1, 0.15) is 21.6 Å². The standard InChI is InChI=1S/C12H10ClNO2/c1-6-3-4-9(13)10-8(12(15)16)5-7(2)14-11(6)10/h3-5H,1-2H3,(H,15,16). The molecule has 16 heavy (non-hydrogen) atoms. The fourth-order valence-corrected chi connectivity index (χ4v) is 1.98. The molecule has 0 saturated heterocycles. The summed E-state index contributed by atoms with van der Waals surface area (Å²) in [5, 5.41) is 10.1. The Hall–Kier alpha value is -1.61. The molecule has 0 atom stereocenters. The Bertz CT molecular complexity index is 593. The van der Waals surface area contributed by atoms with Crippen molar-refractivity contribution in [2.75, 3.05) is 0 Å². The third kappa shape index (κ3) is 1.63. The Kier molecular flexibility index (Phi) is 2.56. The molecule has 1 aromatic carbocycles. The van der Waals surface area contributed by atoms with Gasteiger partial charge in [-0.25, -0.2) is 4.79 Å². The summed E-state index contributed by atoms with van der Waals surface area (Å²) in [5.41, 5.74) is 2.46. The van der Waals surface area contributed by atoms with Crippen molar-refractivity contribution in [2.45, 2.75) is 13.8 Å². The third-order valence-corrected chi connectivity index (χ3v) is 2.78. The van der Waals surface area contributed by atoms with Gasteiger partial charge in [-0.3, -0.25) is 4.98 Å². The molecule has 4 heteroatoms. The van der Waals surface area contributed by atoms with Gasteiger partial charge < -0.3 is 5.11 Å². The molecule has 0 saturated carbocycles. The number of aryl methyl sites for hydroxylation is 2. The summed E-state index contributed by atoms with van der Waals surface area (Å²) in [5.74, 6) is -0.983. The summed E-state index contributed by atoms with van der Waals surface area (Å²) >= 11 is 6.03. The molecular formula is C12H10ClNO2. The summed E-state index contributed by atoms with van der Waals surface area (Å²) < 4.78 is 0. The van der Waals surface area contributed by atoms with Crippen LogP contribution in [-0.4, -0.2) is 16.1 Å². The number of nitrogens with zero attached hydrogens (tertiary/aromatic N) is 1. The number of carboxylic acids is 1. The van der Waals surface area contributed by atoms with Gasteiger partial charge in [-0.15, -0.1) is 0 Å². The molecular weight excluding hydrogens is 226 g/mol. The van der Waals surface area contributed by atoms with Crippen LogP contribution in [0.2, 0.25) is 5.02 Å². The number of pyridine rings is 1. The zero-order chi connectivity index (χ0) is 11.9. The van der Waals surface area contributed by atoms with Gasteiger partial charge in [-0.05, 0) is 31.5 Å². The fraction of sp³-hybridized carbons (Fsp3) is 0.167. The van der Waals surface area contributed by atoms with Crippen LogP contribution in [0.4, 0.5) is 0 Å². The SMILES string of the molecule is Cc1cc(C(=O)O)c2c(Cl)ccc(C)c2n1. The van der Waals surface area contributed by atoms with E-state index in [0.717, 1.165) is 5.56 Å². The van der Waals surface area contributed by atoms with Gasteiger partial charge in [0.25, 0.3) is 0 Å². The van der Waals surface area contributed by atoms with Crippen LogP contribution >= 0.6 is 11.6 Å². The highest BCUT2D eigenvalue weighted by Gasteiger charge is 2.14. The van der Waals surface area contributed by atoms with Crippen molar-refractivity contribution in [3.8, 4) is 0 Å². The van der Waals surface area contributed by atoms with Crippen LogP contribution < -0.4 is 0 Å². The number of fused-ring (bicyclic) bond motifs is 1. The Morgan fingerprint density at radius 1 is 1.38 bits per heavy atom. The number of rotatable bonds is 1. The highest BCUT2D eigenvalue weighted by Crippen LogP contribution is 2.28. The molecule has 0 spiro atoms. The third-order valence-electron chi connectivity index (χ3n) is 2.47. The van der Waals surface area contributed by atoms with Gasteiger partial charge in [0.1, 0.15) is 0 Å². The van der Waals surface area contributed by atoms with Crippen LogP contribution in [0.5, 0.6) is 0 Å². The van der Waals surface area contributed by atoms with Crippen molar-refractivity contribution >= 4 is 28.5 Å². The van der Waals surface area contributed by atoms with Crippen LogP contribution in [0, 0.1) is 13.8 Å². The summed E-state index contributed by atoms with van der Waals surface area (Å²) in [6.07, 6.45) is 0. The molecule has 82 valence electrons. The smallest absolute Gasteiger partial charge is 0.336 e. The van der Waals surface area contributed by atoms with E-state index in [4.69, 9.17) is 16.7 Å². The lowest BCUT2D eigenvalue weighted by molar-refractivity contribution is 0.0699. The van der Waals surface area contributed by atoms with Crippen molar-refractivity contribution in [2.24, 2.45) is 0 Å². The second-order valence-electron chi connectivity index (χ2n) is 3.70. The maximum Gasteiger partial charge on any atom is 0.336 e. The summed E-state index contributed by atoms with van der Waals surface area (Å²) in [4.78, 5) is 15.5. The maximum atomic E-state index is 11.1. The summed E-state index contributed by atoms with van der Waals surface area (Å²) in [6, 6.07) is 5.07. The summed E-state index contributed by atoms with van der Waals surface area (Å²) in [6.45, 7) is 3.66. The van der Waals surface area contributed by atoms with E-state index >= 15 is 0 Å². The zero-order valence-electron chi connectivity index (χ0n) is 8.91. The lowest BCUT2D eigenvalue weighted by Gasteiger charge is -2.08. The number of aromatic nitrogens is 1. The quantitative estimate of drug-likeness (QED) is 0.826. The highest BCUT2D eigenvalue weighted by atomic mass is 35.5. The first-order valence-corrected chi connectivity index (χ1v) is 5.18. The van der Waals surface area contributed by atoms with Crippen molar-refractivity contribution in [3.05, 3.63) is 40.0 Å². The first-order valence-electron chi connectivity index (χ1n) is 4.80. The maximum absolute atomic E-state index is 11.1. The Labute approximate surface area is 97.7 Å². The molecule has 2 rings (SSSR count). The van der Waals surface area contributed by atoms with Crippen molar-refractivity contribution < 1.29 is 9.90 Å². The van der Waals surface area contributed by atoms with Gasteiger partial charge in [-0.1, -0.05) is 17.7 Å². The molecule has 0 fully saturated rings. The molecule has 0 unspecified atom stereocenters. The van der Waals surface area contributed by atoms with E-state index in [0.29, 0.717) is 21.6 Å². The van der Waals surface area contributed by atoms with E-state index in [9.17, 15) is 4.79 Å². The molecule has 0 aliphatic heterocycles. The molecule has 1 heterocycles. The fourth-order valence-electron chi connectivity index (χ4n) is 1.73. The minimum absolute atomic E-state index is 0.205. The molecule has 0 aliphatic carbocycles. The number of benzene rings is 1. The Morgan fingerprint density at radius 2 is 2.06 bits per heavy atom.